The first kappa shape index (κ1) is 14.0. The molecule has 1 aromatic heterocycles. The van der Waals surface area contributed by atoms with Crippen molar-refractivity contribution in [3.8, 4) is 6.07 Å². The maximum Gasteiger partial charge on any atom is 0.187 e. The normalized spacial score (nSPS) is 11.1. The van der Waals surface area contributed by atoms with Crippen LogP contribution in [0, 0.1) is 11.3 Å². The molecule has 2 aromatic rings. The van der Waals surface area contributed by atoms with Gasteiger partial charge in [-0.05, 0) is 18.2 Å². The first-order valence-electron chi connectivity index (χ1n) is 5.82. The molecule has 0 saturated carbocycles. The lowest BCUT2D eigenvalue weighted by Crippen LogP contribution is -2.11. The van der Waals surface area contributed by atoms with Crippen LogP contribution in [0.3, 0.4) is 0 Å². The Kier molecular flexibility index (Phi) is 3.93. The van der Waals surface area contributed by atoms with Crippen LogP contribution in [0.15, 0.2) is 28.1 Å². The van der Waals surface area contributed by atoms with Crippen LogP contribution in [-0.4, -0.2) is 4.98 Å². The molecule has 0 atom stereocenters. The molecule has 19 heavy (non-hydrogen) atoms. The van der Waals surface area contributed by atoms with E-state index in [1.807, 2.05) is 12.1 Å². The van der Waals surface area contributed by atoms with Crippen LogP contribution in [0.4, 0.5) is 10.8 Å². The molecule has 0 saturated heterocycles. The predicted molar refractivity (Wildman–Crippen MR) is 83.0 cm³/mol. The maximum absolute atomic E-state index is 8.95. The van der Waals surface area contributed by atoms with E-state index in [-0.39, 0.29) is 5.41 Å². The molecule has 0 aliphatic carbocycles. The van der Waals surface area contributed by atoms with E-state index < -0.39 is 0 Å². The third-order valence-corrected chi connectivity index (χ3v) is 3.77. The molecule has 0 unspecified atom stereocenters. The summed E-state index contributed by atoms with van der Waals surface area (Å²) in [6.45, 7) is 6.41. The fraction of sp³-hybridized carbons (Fsp3) is 0.286. The number of benzene rings is 1. The second-order valence-electron chi connectivity index (χ2n) is 5.25. The van der Waals surface area contributed by atoms with Gasteiger partial charge >= 0.3 is 0 Å². The van der Waals surface area contributed by atoms with Crippen molar-refractivity contribution in [3.63, 3.8) is 0 Å². The quantitative estimate of drug-likeness (QED) is 0.855. The zero-order valence-electron chi connectivity index (χ0n) is 11.0. The number of nitrogens with zero attached hydrogens (tertiary/aromatic N) is 2. The van der Waals surface area contributed by atoms with Gasteiger partial charge in [0.25, 0.3) is 0 Å². The van der Waals surface area contributed by atoms with Crippen LogP contribution < -0.4 is 5.32 Å². The molecular formula is C14H14BrN3S. The largest absolute Gasteiger partial charge is 0.331 e. The Labute approximate surface area is 125 Å². The molecule has 2 rings (SSSR count). The molecule has 1 N–H and O–H groups in total. The number of hydrogen-bond donors (Lipinski definition) is 1. The van der Waals surface area contributed by atoms with E-state index in [0.717, 1.165) is 21.0 Å². The van der Waals surface area contributed by atoms with E-state index in [2.05, 4.69) is 58.5 Å². The molecule has 0 radical (unpaired) electrons. The first-order chi connectivity index (χ1) is 8.88. The van der Waals surface area contributed by atoms with E-state index in [1.54, 1.807) is 17.4 Å². The highest BCUT2D eigenvalue weighted by atomic mass is 79.9. The van der Waals surface area contributed by atoms with Gasteiger partial charge in [0.1, 0.15) is 0 Å². The highest BCUT2D eigenvalue weighted by Gasteiger charge is 2.17. The Morgan fingerprint density at radius 3 is 2.63 bits per heavy atom. The van der Waals surface area contributed by atoms with Crippen molar-refractivity contribution >= 4 is 38.1 Å². The van der Waals surface area contributed by atoms with Gasteiger partial charge in [-0.15, -0.1) is 11.3 Å². The molecule has 5 heteroatoms. The fourth-order valence-electron chi connectivity index (χ4n) is 1.53. The molecule has 1 aromatic carbocycles. The number of nitrogens with one attached hydrogen (secondary N) is 1. The average Bonchev–Trinajstić information content (AvgIpc) is 2.76. The van der Waals surface area contributed by atoms with Gasteiger partial charge < -0.3 is 5.32 Å². The number of halogens is 1. The van der Waals surface area contributed by atoms with E-state index >= 15 is 0 Å². The fourth-order valence-corrected chi connectivity index (χ4v) is 2.98. The molecule has 0 fully saturated rings. The van der Waals surface area contributed by atoms with Crippen LogP contribution >= 0.6 is 27.3 Å². The Bertz CT molecular complexity index is 635. The Morgan fingerprint density at radius 1 is 1.32 bits per heavy atom. The van der Waals surface area contributed by atoms with Crippen molar-refractivity contribution in [2.45, 2.75) is 26.2 Å². The first-order valence-corrected chi connectivity index (χ1v) is 7.49. The molecule has 0 amide bonds. The van der Waals surface area contributed by atoms with E-state index in [1.165, 1.54) is 0 Å². The molecule has 0 aliphatic heterocycles. The second-order valence-corrected chi connectivity index (χ2v) is 7.03. The van der Waals surface area contributed by atoms with Crippen LogP contribution in [0.25, 0.3) is 0 Å². The van der Waals surface area contributed by atoms with Crippen LogP contribution in [0.1, 0.15) is 32.0 Å². The van der Waals surface area contributed by atoms with Crippen LogP contribution in [0.5, 0.6) is 0 Å². The SMILES string of the molecule is CC(C)(C)c1csc(Nc2cc(Br)cc(C#N)c2)n1. The molecule has 0 spiro atoms. The van der Waals surface area contributed by atoms with Gasteiger partial charge in [0.2, 0.25) is 0 Å². The highest BCUT2D eigenvalue weighted by molar-refractivity contribution is 9.10. The van der Waals surface area contributed by atoms with Gasteiger partial charge in [-0.1, -0.05) is 36.7 Å². The number of aromatic nitrogens is 1. The summed E-state index contributed by atoms with van der Waals surface area (Å²) in [5, 5.41) is 15.1. The van der Waals surface area contributed by atoms with Gasteiger partial charge in [0, 0.05) is 21.0 Å². The topological polar surface area (TPSA) is 48.7 Å². The number of hydrogen-bond acceptors (Lipinski definition) is 4. The summed E-state index contributed by atoms with van der Waals surface area (Å²) in [6, 6.07) is 7.66. The lowest BCUT2D eigenvalue weighted by molar-refractivity contribution is 0.573. The Morgan fingerprint density at radius 2 is 2.05 bits per heavy atom. The monoisotopic (exact) mass is 335 g/mol. The minimum absolute atomic E-state index is 0.0471. The lowest BCUT2D eigenvalue weighted by Gasteiger charge is -2.14. The summed E-state index contributed by atoms with van der Waals surface area (Å²) in [4.78, 5) is 4.57. The molecule has 0 bridgehead atoms. The van der Waals surface area contributed by atoms with Gasteiger partial charge in [0.05, 0.1) is 17.3 Å². The van der Waals surface area contributed by atoms with Gasteiger partial charge in [-0.2, -0.15) is 5.26 Å². The highest BCUT2D eigenvalue weighted by Crippen LogP contribution is 2.29. The number of rotatable bonds is 2. The van der Waals surface area contributed by atoms with Gasteiger partial charge in [0.15, 0.2) is 5.13 Å². The number of anilines is 2. The van der Waals surface area contributed by atoms with Crippen molar-refractivity contribution in [3.05, 3.63) is 39.3 Å². The third-order valence-electron chi connectivity index (χ3n) is 2.55. The maximum atomic E-state index is 8.95. The standard InChI is InChI=1S/C14H14BrN3S/c1-14(2,3)12-8-19-13(18-12)17-11-5-9(7-16)4-10(15)6-11/h4-6,8H,1-3H3,(H,17,18). The van der Waals surface area contributed by atoms with Crippen molar-refractivity contribution < 1.29 is 0 Å². The van der Waals surface area contributed by atoms with Gasteiger partial charge in [-0.25, -0.2) is 4.98 Å². The summed E-state index contributed by atoms with van der Waals surface area (Å²) in [5.74, 6) is 0. The summed E-state index contributed by atoms with van der Waals surface area (Å²) >= 11 is 4.97. The number of thiazole rings is 1. The second kappa shape index (κ2) is 5.32. The van der Waals surface area contributed by atoms with Crippen molar-refractivity contribution in [2.24, 2.45) is 0 Å². The zero-order chi connectivity index (χ0) is 14.0. The van der Waals surface area contributed by atoms with Crippen LogP contribution in [-0.2, 0) is 5.41 Å². The van der Waals surface area contributed by atoms with Crippen molar-refractivity contribution in [1.29, 1.82) is 5.26 Å². The molecular weight excluding hydrogens is 322 g/mol. The van der Waals surface area contributed by atoms with Gasteiger partial charge in [-0.3, -0.25) is 0 Å². The van der Waals surface area contributed by atoms with Crippen molar-refractivity contribution in [1.82, 2.24) is 4.98 Å². The molecule has 0 aliphatic rings. The summed E-state index contributed by atoms with van der Waals surface area (Å²) in [7, 11) is 0. The molecule has 3 nitrogen and oxygen atoms in total. The summed E-state index contributed by atoms with van der Waals surface area (Å²) in [6.07, 6.45) is 0. The van der Waals surface area contributed by atoms with E-state index in [4.69, 9.17) is 5.26 Å². The minimum Gasteiger partial charge on any atom is -0.331 e. The Hall–Kier alpha value is -1.38. The summed E-state index contributed by atoms with van der Waals surface area (Å²) < 4.78 is 0.877. The predicted octanol–water partition coefficient (Wildman–Crippen LogP) is 4.82. The van der Waals surface area contributed by atoms with E-state index in [0.29, 0.717) is 5.56 Å². The average molecular weight is 336 g/mol. The molecule has 98 valence electrons. The van der Waals surface area contributed by atoms with Crippen LogP contribution in [0.2, 0.25) is 0 Å². The minimum atomic E-state index is 0.0471. The van der Waals surface area contributed by atoms with E-state index in [9.17, 15) is 0 Å². The smallest absolute Gasteiger partial charge is 0.187 e. The third kappa shape index (κ3) is 3.55. The lowest BCUT2D eigenvalue weighted by atomic mass is 9.93. The summed E-state index contributed by atoms with van der Waals surface area (Å²) in [5.41, 5.74) is 2.59. The zero-order valence-corrected chi connectivity index (χ0v) is 13.4. The molecule has 1 heterocycles. The van der Waals surface area contributed by atoms with Crippen molar-refractivity contribution in [2.75, 3.05) is 5.32 Å². The number of nitriles is 1. The Balaban J connectivity index is 2.25.